The van der Waals surface area contributed by atoms with Gasteiger partial charge in [-0.25, -0.2) is 0 Å². The summed E-state index contributed by atoms with van der Waals surface area (Å²) in [5.41, 5.74) is 5.06. The molecule has 2 aromatic carbocycles. The maximum absolute atomic E-state index is 13.3. The van der Waals surface area contributed by atoms with Crippen LogP contribution in [0.2, 0.25) is 10.0 Å². The molecule has 0 radical (unpaired) electrons. The number of H-pyrrole nitrogens is 1. The molecule has 0 fully saturated rings. The van der Waals surface area contributed by atoms with E-state index < -0.39 is 0 Å². The highest BCUT2D eigenvalue weighted by atomic mass is 35.5. The van der Waals surface area contributed by atoms with Crippen LogP contribution >= 0.6 is 23.2 Å². The number of fused-ring (bicyclic) bond motifs is 1. The highest BCUT2D eigenvalue weighted by Crippen LogP contribution is 2.46. The molecule has 31 heavy (non-hydrogen) atoms. The highest BCUT2D eigenvalue weighted by molar-refractivity contribution is 6.42. The second-order valence-electron chi connectivity index (χ2n) is 8.12. The number of carbonyl (C=O) groups is 1. The third-order valence-corrected chi connectivity index (χ3v) is 6.56. The SMILES string of the molecule is CCCCCN1C(=O)c2[nH]nc(-c3cc(C)cc(C)c3O)c2C1c1ccc(Cl)c(Cl)c1. The summed E-state index contributed by atoms with van der Waals surface area (Å²) in [5, 5.41) is 19.1. The Morgan fingerprint density at radius 1 is 1.13 bits per heavy atom. The van der Waals surface area contributed by atoms with Gasteiger partial charge in [-0.05, 0) is 55.2 Å². The molecule has 1 aromatic heterocycles. The molecule has 1 atom stereocenters. The van der Waals surface area contributed by atoms with E-state index in [9.17, 15) is 9.90 Å². The molecule has 0 spiro atoms. The van der Waals surface area contributed by atoms with Crippen molar-refractivity contribution >= 4 is 29.1 Å². The molecule has 0 saturated heterocycles. The Morgan fingerprint density at radius 2 is 1.90 bits per heavy atom. The Kier molecular flexibility index (Phi) is 6.00. The van der Waals surface area contributed by atoms with Gasteiger partial charge in [0.2, 0.25) is 0 Å². The largest absolute Gasteiger partial charge is 0.507 e. The fraction of sp³-hybridized carbons (Fsp3) is 0.333. The lowest BCUT2D eigenvalue weighted by Crippen LogP contribution is -2.30. The summed E-state index contributed by atoms with van der Waals surface area (Å²) in [7, 11) is 0. The van der Waals surface area contributed by atoms with Gasteiger partial charge in [-0.1, -0.05) is 55.1 Å². The summed E-state index contributed by atoms with van der Waals surface area (Å²) in [4.78, 5) is 15.2. The molecule has 3 aromatic rings. The Hall–Kier alpha value is -2.50. The van der Waals surface area contributed by atoms with Gasteiger partial charge in [0.1, 0.15) is 17.1 Å². The summed E-state index contributed by atoms with van der Waals surface area (Å²) in [6.07, 6.45) is 3.00. The normalized spacial score (nSPS) is 15.6. The third kappa shape index (κ3) is 3.81. The Morgan fingerprint density at radius 3 is 2.61 bits per heavy atom. The lowest BCUT2D eigenvalue weighted by atomic mass is 9.94. The maximum Gasteiger partial charge on any atom is 0.273 e. The van der Waals surface area contributed by atoms with Gasteiger partial charge >= 0.3 is 0 Å². The number of nitrogens with one attached hydrogen (secondary N) is 1. The number of rotatable bonds is 6. The van der Waals surface area contributed by atoms with E-state index in [1.165, 1.54) is 0 Å². The first-order valence-electron chi connectivity index (χ1n) is 10.5. The molecule has 1 aliphatic rings. The van der Waals surface area contributed by atoms with Gasteiger partial charge in [0.05, 0.1) is 16.1 Å². The van der Waals surface area contributed by atoms with Gasteiger partial charge in [0.25, 0.3) is 5.91 Å². The molecule has 1 amide bonds. The molecule has 7 heteroatoms. The number of nitrogens with zero attached hydrogens (tertiary/aromatic N) is 2. The lowest BCUT2D eigenvalue weighted by molar-refractivity contribution is 0.0740. The topological polar surface area (TPSA) is 69.2 Å². The molecule has 5 nitrogen and oxygen atoms in total. The zero-order valence-corrected chi connectivity index (χ0v) is 19.3. The van der Waals surface area contributed by atoms with E-state index in [4.69, 9.17) is 23.2 Å². The van der Waals surface area contributed by atoms with Crippen molar-refractivity contribution in [1.82, 2.24) is 15.1 Å². The number of amides is 1. The van der Waals surface area contributed by atoms with Crippen LogP contribution in [0.25, 0.3) is 11.3 Å². The summed E-state index contributed by atoms with van der Waals surface area (Å²) in [6, 6.07) is 8.91. The number of phenolic OH excluding ortho intramolecular Hbond substituents is 1. The first-order valence-corrected chi connectivity index (χ1v) is 11.2. The van der Waals surface area contributed by atoms with Crippen LogP contribution in [0.3, 0.4) is 0 Å². The molecule has 4 rings (SSSR count). The monoisotopic (exact) mass is 457 g/mol. The quantitative estimate of drug-likeness (QED) is 0.418. The van der Waals surface area contributed by atoms with Crippen LogP contribution in [0.1, 0.15) is 65.0 Å². The Bertz CT molecular complexity index is 1160. The van der Waals surface area contributed by atoms with E-state index in [1.807, 2.05) is 43.0 Å². The van der Waals surface area contributed by atoms with Crippen LogP contribution in [0.15, 0.2) is 30.3 Å². The Balaban J connectivity index is 1.89. The first kappa shape index (κ1) is 21.7. The average molecular weight is 458 g/mol. The number of aromatic hydroxyl groups is 1. The molecule has 1 aliphatic heterocycles. The van der Waals surface area contributed by atoms with E-state index in [0.29, 0.717) is 33.5 Å². The minimum atomic E-state index is -0.358. The number of unbranched alkanes of at least 4 members (excludes halogenated alkanes) is 2. The third-order valence-electron chi connectivity index (χ3n) is 5.83. The van der Waals surface area contributed by atoms with Crippen molar-refractivity contribution in [1.29, 1.82) is 0 Å². The molecule has 0 saturated carbocycles. The maximum atomic E-state index is 13.3. The average Bonchev–Trinajstić information content (AvgIpc) is 3.27. The lowest BCUT2D eigenvalue weighted by Gasteiger charge is -2.27. The fourth-order valence-electron chi connectivity index (χ4n) is 4.33. The number of aromatic amines is 1. The number of aromatic nitrogens is 2. The van der Waals surface area contributed by atoms with Crippen LogP contribution in [0.5, 0.6) is 5.75 Å². The van der Waals surface area contributed by atoms with E-state index in [0.717, 1.165) is 41.5 Å². The van der Waals surface area contributed by atoms with Crippen LogP contribution in [0, 0.1) is 13.8 Å². The number of hydrogen-bond donors (Lipinski definition) is 2. The van der Waals surface area contributed by atoms with E-state index in [1.54, 1.807) is 6.07 Å². The van der Waals surface area contributed by atoms with Crippen molar-refractivity contribution in [3.05, 3.63) is 68.3 Å². The van der Waals surface area contributed by atoms with Gasteiger partial charge in [-0.2, -0.15) is 5.10 Å². The number of aryl methyl sites for hydroxylation is 2. The fourth-order valence-corrected chi connectivity index (χ4v) is 4.64. The summed E-state index contributed by atoms with van der Waals surface area (Å²) in [5.74, 6) is 0.0782. The molecular formula is C24H25Cl2N3O2. The summed E-state index contributed by atoms with van der Waals surface area (Å²) >= 11 is 12.5. The molecule has 0 bridgehead atoms. The highest BCUT2D eigenvalue weighted by Gasteiger charge is 2.42. The van der Waals surface area contributed by atoms with Crippen molar-refractivity contribution in [2.75, 3.05) is 6.54 Å². The summed E-state index contributed by atoms with van der Waals surface area (Å²) in [6.45, 7) is 6.59. The molecular weight excluding hydrogens is 433 g/mol. The second kappa shape index (κ2) is 8.56. The summed E-state index contributed by atoms with van der Waals surface area (Å²) < 4.78 is 0. The number of halogens is 2. The zero-order chi connectivity index (χ0) is 22.3. The Labute approximate surface area is 192 Å². The van der Waals surface area contributed by atoms with Gasteiger partial charge in [0.15, 0.2) is 0 Å². The van der Waals surface area contributed by atoms with Gasteiger partial charge in [0, 0.05) is 17.7 Å². The van der Waals surface area contributed by atoms with Crippen LogP contribution < -0.4 is 0 Å². The van der Waals surface area contributed by atoms with E-state index >= 15 is 0 Å². The van der Waals surface area contributed by atoms with E-state index in [2.05, 4.69) is 17.1 Å². The van der Waals surface area contributed by atoms with Crippen LogP contribution in [-0.2, 0) is 0 Å². The van der Waals surface area contributed by atoms with Crippen LogP contribution in [-0.4, -0.2) is 32.7 Å². The minimum Gasteiger partial charge on any atom is -0.507 e. The van der Waals surface area contributed by atoms with Gasteiger partial charge < -0.3 is 10.0 Å². The number of carbonyl (C=O) groups excluding carboxylic acids is 1. The van der Waals surface area contributed by atoms with E-state index in [-0.39, 0.29) is 17.7 Å². The smallest absolute Gasteiger partial charge is 0.273 e. The van der Waals surface area contributed by atoms with Crippen molar-refractivity contribution in [2.24, 2.45) is 0 Å². The van der Waals surface area contributed by atoms with Gasteiger partial charge in [-0.3, -0.25) is 9.89 Å². The molecule has 2 heterocycles. The van der Waals surface area contributed by atoms with Crippen molar-refractivity contribution < 1.29 is 9.90 Å². The number of hydrogen-bond acceptors (Lipinski definition) is 3. The molecule has 2 N–H and O–H groups in total. The predicted octanol–water partition coefficient (Wildman–Crippen LogP) is 6.44. The zero-order valence-electron chi connectivity index (χ0n) is 17.8. The molecule has 1 unspecified atom stereocenters. The van der Waals surface area contributed by atoms with Crippen molar-refractivity contribution in [2.45, 2.75) is 46.1 Å². The van der Waals surface area contributed by atoms with Crippen LogP contribution in [0.4, 0.5) is 0 Å². The molecule has 0 aliphatic carbocycles. The predicted molar refractivity (Wildman–Crippen MR) is 124 cm³/mol. The van der Waals surface area contributed by atoms with Crippen molar-refractivity contribution in [3.63, 3.8) is 0 Å². The number of benzene rings is 2. The van der Waals surface area contributed by atoms with Crippen molar-refractivity contribution in [3.8, 4) is 17.0 Å². The second-order valence-corrected chi connectivity index (χ2v) is 8.94. The number of phenols is 1. The first-order chi connectivity index (χ1) is 14.8. The standard InChI is InChI=1S/C24H25Cl2N3O2/c1-4-5-6-9-29-22(15-7-8-17(25)18(26)12-15)19-20(27-28-21(19)24(29)31)16-11-13(2)10-14(3)23(16)30/h7-8,10-12,22,30H,4-6,9H2,1-3H3,(H,27,28). The van der Waals surface area contributed by atoms with Gasteiger partial charge in [-0.15, -0.1) is 0 Å². The molecule has 162 valence electrons. The minimum absolute atomic E-state index is 0.0928.